The van der Waals surface area contributed by atoms with Crippen molar-refractivity contribution < 1.29 is 14.0 Å². The van der Waals surface area contributed by atoms with E-state index in [9.17, 15) is 0 Å². The molecule has 0 radical (unpaired) electrons. The minimum atomic E-state index is 0.239. The van der Waals surface area contributed by atoms with Crippen LogP contribution in [0.2, 0.25) is 0 Å². The molecular weight excluding hydrogens is 388 g/mol. The van der Waals surface area contributed by atoms with Gasteiger partial charge in [0.05, 0.1) is 5.69 Å². The lowest BCUT2D eigenvalue weighted by Gasteiger charge is -2.10. The third-order valence-electron chi connectivity index (χ3n) is 4.81. The van der Waals surface area contributed by atoms with Gasteiger partial charge in [-0.15, -0.1) is 10.2 Å². The van der Waals surface area contributed by atoms with Crippen LogP contribution >= 0.6 is 11.8 Å². The number of aryl methyl sites for hydroxylation is 2. The SMILES string of the molecule is Cc1noc(C)c1CSc1nnc(-c2ccc3c(c2)OCO3)n1-c1ccccc1. The summed E-state index contributed by atoms with van der Waals surface area (Å²) in [5, 5.41) is 13.8. The van der Waals surface area contributed by atoms with Crippen molar-refractivity contribution >= 4 is 11.8 Å². The number of ether oxygens (including phenoxy) is 2. The lowest BCUT2D eigenvalue weighted by molar-refractivity contribution is 0.174. The predicted octanol–water partition coefficient (Wildman–Crippen LogP) is 4.56. The van der Waals surface area contributed by atoms with Crippen LogP contribution in [0.4, 0.5) is 0 Å². The maximum absolute atomic E-state index is 5.53. The summed E-state index contributed by atoms with van der Waals surface area (Å²) in [6, 6.07) is 15.9. The van der Waals surface area contributed by atoms with Crippen LogP contribution < -0.4 is 9.47 Å². The Bertz CT molecular complexity index is 1150. The molecular formula is C21H18N4O3S. The third-order valence-corrected chi connectivity index (χ3v) is 5.76. The average Bonchev–Trinajstić information content (AvgIpc) is 3.46. The van der Waals surface area contributed by atoms with Gasteiger partial charge in [0.2, 0.25) is 6.79 Å². The van der Waals surface area contributed by atoms with Gasteiger partial charge < -0.3 is 14.0 Å². The minimum Gasteiger partial charge on any atom is -0.454 e. The van der Waals surface area contributed by atoms with Gasteiger partial charge in [-0.05, 0) is 44.2 Å². The van der Waals surface area contributed by atoms with Crippen molar-refractivity contribution in [2.75, 3.05) is 6.79 Å². The molecule has 29 heavy (non-hydrogen) atoms. The van der Waals surface area contributed by atoms with Gasteiger partial charge in [-0.3, -0.25) is 4.57 Å². The summed E-state index contributed by atoms with van der Waals surface area (Å²) in [6.07, 6.45) is 0. The largest absolute Gasteiger partial charge is 0.454 e. The van der Waals surface area contributed by atoms with E-state index in [1.165, 1.54) is 0 Å². The second-order valence-electron chi connectivity index (χ2n) is 6.64. The molecule has 0 unspecified atom stereocenters. The van der Waals surface area contributed by atoms with E-state index in [0.29, 0.717) is 5.75 Å². The number of thioether (sulfide) groups is 1. The highest BCUT2D eigenvalue weighted by atomic mass is 32.2. The Hall–Kier alpha value is -3.26. The molecule has 0 spiro atoms. The molecule has 0 saturated heterocycles. The molecule has 146 valence electrons. The van der Waals surface area contributed by atoms with E-state index >= 15 is 0 Å². The summed E-state index contributed by atoms with van der Waals surface area (Å²) in [5.41, 5.74) is 3.89. The van der Waals surface area contributed by atoms with Crippen LogP contribution in [-0.4, -0.2) is 26.7 Å². The van der Waals surface area contributed by atoms with Gasteiger partial charge in [0.25, 0.3) is 0 Å². The van der Waals surface area contributed by atoms with Crippen LogP contribution in [0.15, 0.2) is 58.2 Å². The Kier molecular flexibility index (Phi) is 4.48. The van der Waals surface area contributed by atoms with Crippen LogP contribution in [0, 0.1) is 13.8 Å². The standard InChI is InChI=1S/C21H18N4O3S/c1-13-17(14(2)28-24-13)11-29-21-23-22-20(25(21)16-6-4-3-5-7-16)15-8-9-18-19(10-15)27-12-26-18/h3-10H,11-12H2,1-2H3. The summed E-state index contributed by atoms with van der Waals surface area (Å²) in [6.45, 7) is 4.12. The highest BCUT2D eigenvalue weighted by Gasteiger charge is 2.20. The van der Waals surface area contributed by atoms with Gasteiger partial charge >= 0.3 is 0 Å². The highest BCUT2D eigenvalue weighted by molar-refractivity contribution is 7.98. The molecule has 0 amide bonds. The van der Waals surface area contributed by atoms with Gasteiger partial charge in [-0.1, -0.05) is 35.1 Å². The summed E-state index contributed by atoms with van der Waals surface area (Å²) in [5.74, 6) is 3.74. The second-order valence-corrected chi connectivity index (χ2v) is 7.58. The lowest BCUT2D eigenvalue weighted by atomic mass is 10.2. The van der Waals surface area contributed by atoms with Crippen LogP contribution in [0.25, 0.3) is 17.1 Å². The van der Waals surface area contributed by atoms with E-state index in [1.54, 1.807) is 11.8 Å². The number of benzene rings is 2. The quantitative estimate of drug-likeness (QED) is 0.450. The fourth-order valence-electron chi connectivity index (χ4n) is 3.24. The number of hydrogen-bond donors (Lipinski definition) is 0. The van der Waals surface area contributed by atoms with Crippen molar-refractivity contribution in [3.63, 3.8) is 0 Å². The first-order chi connectivity index (χ1) is 14.2. The van der Waals surface area contributed by atoms with E-state index in [2.05, 4.69) is 19.9 Å². The van der Waals surface area contributed by atoms with Crippen LogP contribution in [0.3, 0.4) is 0 Å². The Labute approximate surface area is 171 Å². The Morgan fingerprint density at radius 3 is 2.62 bits per heavy atom. The van der Waals surface area contributed by atoms with Crippen LogP contribution in [0.5, 0.6) is 11.5 Å². The molecule has 0 bridgehead atoms. The number of fused-ring (bicyclic) bond motifs is 1. The zero-order valence-electron chi connectivity index (χ0n) is 16.0. The van der Waals surface area contributed by atoms with Crippen molar-refractivity contribution in [2.45, 2.75) is 24.8 Å². The Balaban J connectivity index is 1.56. The number of hydrogen-bond acceptors (Lipinski definition) is 7. The predicted molar refractivity (Wildman–Crippen MR) is 108 cm³/mol. The fraction of sp³-hybridized carbons (Fsp3) is 0.190. The van der Waals surface area contributed by atoms with E-state index in [0.717, 1.165) is 50.7 Å². The van der Waals surface area contributed by atoms with Crippen molar-refractivity contribution in [3.8, 4) is 28.6 Å². The topological polar surface area (TPSA) is 75.2 Å². The number of para-hydroxylation sites is 1. The zero-order chi connectivity index (χ0) is 19.8. The third kappa shape index (κ3) is 3.25. The molecule has 3 heterocycles. The van der Waals surface area contributed by atoms with Crippen molar-refractivity contribution in [1.82, 2.24) is 19.9 Å². The van der Waals surface area contributed by atoms with Gasteiger partial charge in [0, 0.05) is 22.6 Å². The zero-order valence-corrected chi connectivity index (χ0v) is 16.8. The first kappa shape index (κ1) is 17.8. The summed E-state index contributed by atoms with van der Waals surface area (Å²) in [4.78, 5) is 0. The van der Waals surface area contributed by atoms with Crippen molar-refractivity contribution in [2.24, 2.45) is 0 Å². The number of nitrogens with zero attached hydrogens (tertiary/aromatic N) is 4. The van der Waals surface area contributed by atoms with Gasteiger partial charge in [0.15, 0.2) is 22.5 Å². The molecule has 0 aliphatic carbocycles. The highest BCUT2D eigenvalue weighted by Crippen LogP contribution is 2.37. The molecule has 0 fully saturated rings. The Morgan fingerprint density at radius 1 is 1.00 bits per heavy atom. The fourth-order valence-corrected chi connectivity index (χ4v) is 4.35. The summed E-state index contributed by atoms with van der Waals surface area (Å²) < 4.78 is 18.3. The van der Waals surface area contributed by atoms with Crippen molar-refractivity contribution in [1.29, 1.82) is 0 Å². The molecule has 1 aliphatic rings. The molecule has 0 saturated carbocycles. The van der Waals surface area contributed by atoms with Crippen LogP contribution in [0.1, 0.15) is 17.0 Å². The van der Waals surface area contributed by atoms with Gasteiger partial charge in [-0.25, -0.2) is 0 Å². The molecule has 0 N–H and O–H groups in total. The van der Waals surface area contributed by atoms with E-state index in [1.807, 2.05) is 62.4 Å². The maximum atomic E-state index is 5.53. The first-order valence-electron chi connectivity index (χ1n) is 9.16. The lowest BCUT2D eigenvalue weighted by Crippen LogP contribution is -2.00. The average molecular weight is 406 g/mol. The number of aromatic nitrogens is 4. The molecule has 0 atom stereocenters. The number of rotatable bonds is 5. The monoisotopic (exact) mass is 406 g/mol. The summed E-state index contributed by atoms with van der Waals surface area (Å²) in [7, 11) is 0. The summed E-state index contributed by atoms with van der Waals surface area (Å²) >= 11 is 1.60. The minimum absolute atomic E-state index is 0.239. The molecule has 4 aromatic rings. The van der Waals surface area contributed by atoms with Gasteiger partial charge in [-0.2, -0.15) is 0 Å². The van der Waals surface area contributed by atoms with E-state index in [-0.39, 0.29) is 6.79 Å². The molecule has 5 rings (SSSR count). The van der Waals surface area contributed by atoms with Crippen LogP contribution in [-0.2, 0) is 5.75 Å². The molecule has 7 nitrogen and oxygen atoms in total. The smallest absolute Gasteiger partial charge is 0.231 e. The maximum Gasteiger partial charge on any atom is 0.231 e. The van der Waals surface area contributed by atoms with E-state index in [4.69, 9.17) is 14.0 Å². The van der Waals surface area contributed by atoms with Gasteiger partial charge in [0.1, 0.15) is 5.76 Å². The molecule has 8 heteroatoms. The molecule has 2 aromatic carbocycles. The Morgan fingerprint density at radius 2 is 1.83 bits per heavy atom. The molecule has 2 aromatic heterocycles. The first-order valence-corrected chi connectivity index (χ1v) is 10.1. The van der Waals surface area contributed by atoms with Crippen molar-refractivity contribution in [3.05, 3.63) is 65.5 Å². The molecule has 1 aliphatic heterocycles. The second kappa shape index (κ2) is 7.29. The van der Waals surface area contributed by atoms with E-state index < -0.39 is 0 Å². The normalized spacial score (nSPS) is 12.5.